The summed E-state index contributed by atoms with van der Waals surface area (Å²) in [5.41, 5.74) is 2.00. The van der Waals surface area contributed by atoms with Gasteiger partial charge in [0, 0.05) is 12.3 Å². The van der Waals surface area contributed by atoms with E-state index in [1.54, 1.807) is 6.92 Å². The van der Waals surface area contributed by atoms with Crippen LogP contribution in [0.2, 0.25) is 0 Å². The lowest BCUT2D eigenvalue weighted by Crippen LogP contribution is -2.21. The fourth-order valence-electron chi connectivity index (χ4n) is 1.93. The van der Waals surface area contributed by atoms with Gasteiger partial charge in [0.1, 0.15) is 6.61 Å². The first-order chi connectivity index (χ1) is 9.79. The second-order valence-corrected chi connectivity index (χ2v) is 6.34. The number of ether oxygens (including phenoxy) is 1. The number of carbonyl (C=O) groups excluding carboxylic acids is 1. The molecule has 0 aromatic heterocycles. The van der Waals surface area contributed by atoms with Crippen LogP contribution in [-0.2, 0) is 26.0 Å². The van der Waals surface area contributed by atoms with Gasteiger partial charge in [0.15, 0.2) is 0 Å². The number of carbonyl (C=O) groups is 1. The number of rotatable bonds is 7. The quantitative estimate of drug-likeness (QED) is 0.746. The first-order valence-corrected chi connectivity index (χ1v) is 8.38. The van der Waals surface area contributed by atoms with Crippen LogP contribution in [0.15, 0.2) is 17.0 Å². The maximum atomic E-state index is 11.8. The standard InChI is InChI=1S/C14H22N2O4S/c1-4-6-20-9-13(17)16-14-10(3)7-12(21(15,18)19)8-11(14)5-2/h7-8H,4-6,9H2,1-3H3,(H,16,17)(H2,15,18,19). The second-order valence-electron chi connectivity index (χ2n) is 4.77. The van der Waals surface area contributed by atoms with Crippen molar-refractivity contribution < 1.29 is 17.9 Å². The minimum absolute atomic E-state index is 0.0205. The summed E-state index contributed by atoms with van der Waals surface area (Å²) in [6.45, 7) is 6.08. The van der Waals surface area contributed by atoms with Gasteiger partial charge in [-0.05, 0) is 43.0 Å². The lowest BCUT2D eigenvalue weighted by Gasteiger charge is -2.15. The van der Waals surface area contributed by atoms with E-state index in [2.05, 4.69) is 5.32 Å². The predicted octanol–water partition coefficient (Wildman–Crippen LogP) is 1.57. The lowest BCUT2D eigenvalue weighted by atomic mass is 10.1. The van der Waals surface area contributed by atoms with Crippen LogP contribution in [0.4, 0.5) is 5.69 Å². The molecule has 0 fully saturated rings. The van der Waals surface area contributed by atoms with E-state index in [1.165, 1.54) is 12.1 Å². The number of hydrogen-bond acceptors (Lipinski definition) is 4. The van der Waals surface area contributed by atoms with Gasteiger partial charge in [0.2, 0.25) is 15.9 Å². The Labute approximate surface area is 125 Å². The number of sulfonamides is 1. The highest BCUT2D eigenvalue weighted by molar-refractivity contribution is 7.89. The van der Waals surface area contributed by atoms with E-state index >= 15 is 0 Å². The van der Waals surface area contributed by atoms with Crippen molar-refractivity contribution in [2.45, 2.75) is 38.5 Å². The average molecular weight is 314 g/mol. The fraction of sp³-hybridized carbons (Fsp3) is 0.500. The second kappa shape index (κ2) is 7.53. The summed E-state index contributed by atoms with van der Waals surface area (Å²) in [4.78, 5) is 11.9. The third-order valence-corrected chi connectivity index (χ3v) is 3.84. The zero-order chi connectivity index (χ0) is 16.0. The monoisotopic (exact) mass is 314 g/mol. The molecule has 7 heteroatoms. The molecule has 1 amide bonds. The molecule has 0 heterocycles. The van der Waals surface area contributed by atoms with E-state index in [0.29, 0.717) is 24.3 Å². The number of primary sulfonamides is 1. The van der Waals surface area contributed by atoms with Crippen LogP contribution in [-0.4, -0.2) is 27.5 Å². The van der Waals surface area contributed by atoms with E-state index in [1.807, 2.05) is 13.8 Å². The summed E-state index contributed by atoms with van der Waals surface area (Å²) in [5.74, 6) is -0.260. The topological polar surface area (TPSA) is 98.5 Å². The maximum Gasteiger partial charge on any atom is 0.250 e. The zero-order valence-corrected chi connectivity index (χ0v) is 13.4. The molecule has 0 aliphatic heterocycles. The molecule has 0 spiro atoms. The van der Waals surface area contributed by atoms with Gasteiger partial charge >= 0.3 is 0 Å². The van der Waals surface area contributed by atoms with Gasteiger partial charge in [-0.3, -0.25) is 4.79 Å². The van der Waals surface area contributed by atoms with Crippen molar-refractivity contribution in [2.24, 2.45) is 5.14 Å². The Balaban J connectivity index is 3.00. The number of aryl methyl sites for hydroxylation is 2. The molecule has 6 nitrogen and oxygen atoms in total. The van der Waals surface area contributed by atoms with Crippen molar-refractivity contribution in [1.82, 2.24) is 0 Å². The number of anilines is 1. The molecule has 3 N–H and O–H groups in total. The van der Waals surface area contributed by atoms with Crippen LogP contribution in [0.3, 0.4) is 0 Å². The number of nitrogens with two attached hydrogens (primary N) is 1. The number of hydrogen-bond donors (Lipinski definition) is 2. The third-order valence-electron chi connectivity index (χ3n) is 2.95. The molecule has 0 radical (unpaired) electrons. The summed E-state index contributed by atoms with van der Waals surface area (Å²) >= 11 is 0. The van der Waals surface area contributed by atoms with Crippen molar-refractivity contribution >= 4 is 21.6 Å². The normalized spacial score (nSPS) is 11.4. The summed E-state index contributed by atoms with van der Waals surface area (Å²) in [7, 11) is -3.76. The van der Waals surface area contributed by atoms with Gasteiger partial charge in [0.25, 0.3) is 0 Å². The van der Waals surface area contributed by atoms with E-state index in [-0.39, 0.29) is 17.4 Å². The Morgan fingerprint density at radius 3 is 2.52 bits per heavy atom. The van der Waals surface area contributed by atoms with Crippen molar-refractivity contribution in [2.75, 3.05) is 18.5 Å². The predicted molar refractivity (Wildman–Crippen MR) is 81.7 cm³/mol. The van der Waals surface area contributed by atoms with Crippen molar-refractivity contribution in [3.05, 3.63) is 23.3 Å². The SMILES string of the molecule is CCCOCC(=O)Nc1c(C)cc(S(N)(=O)=O)cc1CC. The van der Waals surface area contributed by atoms with Gasteiger partial charge in [-0.2, -0.15) is 0 Å². The molecule has 118 valence electrons. The highest BCUT2D eigenvalue weighted by Crippen LogP contribution is 2.25. The van der Waals surface area contributed by atoms with Gasteiger partial charge < -0.3 is 10.1 Å². The summed E-state index contributed by atoms with van der Waals surface area (Å²) < 4.78 is 28.0. The van der Waals surface area contributed by atoms with Crippen molar-refractivity contribution in [3.63, 3.8) is 0 Å². The van der Waals surface area contributed by atoms with Crippen LogP contribution >= 0.6 is 0 Å². The molecular weight excluding hydrogens is 292 g/mol. The van der Waals surface area contributed by atoms with Crippen LogP contribution in [0.25, 0.3) is 0 Å². The summed E-state index contributed by atoms with van der Waals surface area (Å²) in [6, 6.07) is 2.95. The molecular formula is C14H22N2O4S. The Kier molecular flexibility index (Phi) is 6.32. The highest BCUT2D eigenvalue weighted by Gasteiger charge is 2.15. The van der Waals surface area contributed by atoms with Crippen molar-refractivity contribution in [1.29, 1.82) is 0 Å². The van der Waals surface area contributed by atoms with E-state index in [4.69, 9.17) is 9.88 Å². The minimum Gasteiger partial charge on any atom is -0.372 e. The fourth-order valence-corrected chi connectivity index (χ4v) is 2.58. The van der Waals surface area contributed by atoms with Gasteiger partial charge in [-0.1, -0.05) is 13.8 Å². The molecule has 0 bridgehead atoms. The largest absolute Gasteiger partial charge is 0.372 e. The first kappa shape index (κ1) is 17.6. The summed E-state index contributed by atoms with van der Waals surface area (Å²) in [5, 5.41) is 7.91. The van der Waals surface area contributed by atoms with E-state index in [0.717, 1.165) is 12.0 Å². The number of nitrogens with one attached hydrogen (secondary N) is 1. The van der Waals surface area contributed by atoms with Gasteiger partial charge in [-0.15, -0.1) is 0 Å². The maximum absolute atomic E-state index is 11.8. The number of amides is 1. The smallest absolute Gasteiger partial charge is 0.250 e. The highest BCUT2D eigenvalue weighted by atomic mass is 32.2. The molecule has 21 heavy (non-hydrogen) atoms. The number of benzene rings is 1. The molecule has 0 unspecified atom stereocenters. The Hall–Kier alpha value is -1.44. The molecule has 1 aromatic carbocycles. The van der Waals surface area contributed by atoms with E-state index in [9.17, 15) is 13.2 Å². The van der Waals surface area contributed by atoms with Crippen molar-refractivity contribution in [3.8, 4) is 0 Å². The third kappa shape index (κ3) is 5.11. The first-order valence-electron chi connectivity index (χ1n) is 6.83. The van der Waals surface area contributed by atoms with Crippen LogP contribution < -0.4 is 10.5 Å². The zero-order valence-electron chi connectivity index (χ0n) is 12.6. The molecule has 1 rings (SSSR count). The molecule has 1 aromatic rings. The Morgan fingerprint density at radius 1 is 1.33 bits per heavy atom. The Bertz CT molecular complexity index is 612. The molecule has 0 aliphatic carbocycles. The van der Waals surface area contributed by atoms with Crippen LogP contribution in [0, 0.1) is 6.92 Å². The Morgan fingerprint density at radius 2 is 2.00 bits per heavy atom. The molecule has 0 aliphatic rings. The van der Waals surface area contributed by atoms with Gasteiger partial charge in [-0.25, -0.2) is 13.6 Å². The lowest BCUT2D eigenvalue weighted by molar-refractivity contribution is -0.120. The van der Waals surface area contributed by atoms with Crippen LogP contribution in [0.5, 0.6) is 0 Å². The minimum atomic E-state index is -3.76. The molecule has 0 saturated heterocycles. The average Bonchev–Trinajstić information content (AvgIpc) is 2.39. The molecule has 0 saturated carbocycles. The van der Waals surface area contributed by atoms with E-state index < -0.39 is 10.0 Å². The van der Waals surface area contributed by atoms with Gasteiger partial charge in [0.05, 0.1) is 4.90 Å². The summed E-state index contributed by atoms with van der Waals surface area (Å²) in [6.07, 6.45) is 1.42. The van der Waals surface area contributed by atoms with Crippen LogP contribution in [0.1, 0.15) is 31.4 Å². The molecule has 0 atom stereocenters.